The van der Waals surface area contributed by atoms with Gasteiger partial charge in [-0.2, -0.15) is 18.2 Å². The van der Waals surface area contributed by atoms with Crippen molar-refractivity contribution in [3.8, 4) is 0 Å². The van der Waals surface area contributed by atoms with Gasteiger partial charge >= 0.3 is 6.18 Å². The maximum absolute atomic E-state index is 12.9. The average Bonchev–Trinajstić information content (AvgIpc) is 2.91. The molecule has 0 saturated heterocycles. The molecule has 3 rings (SSSR count). The van der Waals surface area contributed by atoms with Crippen molar-refractivity contribution in [3.05, 3.63) is 11.5 Å². The standard InChI is InChI=1S/C13H14ClF3N4O/c1-20-9-8(6-18-11(14)19-9)21(7-13(15,16)17)10(22)12(20)4-2-3-5-12/h6H,2-5,7H2,1H3. The second-order valence-electron chi connectivity index (χ2n) is 5.65. The monoisotopic (exact) mass is 334 g/mol. The number of anilines is 2. The molecule has 1 fully saturated rings. The van der Waals surface area contributed by atoms with Gasteiger partial charge in [0, 0.05) is 7.05 Å². The highest BCUT2D eigenvalue weighted by molar-refractivity contribution is 6.28. The second kappa shape index (κ2) is 4.97. The lowest BCUT2D eigenvalue weighted by Gasteiger charge is -2.46. The van der Waals surface area contributed by atoms with Gasteiger partial charge in [-0.15, -0.1) is 0 Å². The van der Waals surface area contributed by atoms with Crippen molar-refractivity contribution in [1.82, 2.24) is 9.97 Å². The molecule has 0 radical (unpaired) electrons. The zero-order chi connectivity index (χ0) is 16.1. The van der Waals surface area contributed by atoms with Crippen LogP contribution in [0.3, 0.4) is 0 Å². The molecular weight excluding hydrogens is 321 g/mol. The van der Waals surface area contributed by atoms with Crippen molar-refractivity contribution in [3.63, 3.8) is 0 Å². The highest BCUT2D eigenvalue weighted by Gasteiger charge is 2.53. The zero-order valence-electron chi connectivity index (χ0n) is 11.8. The van der Waals surface area contributed by atoms with Crippen molar-refractivity contribution < 1.29 is 18.0 Å². The van der Waals surface area contributed by atoms with Gasteiger partial charge in [0.2, 0.25) is 5.28 Å². The minimum absolute atomic E-state index is 0.0479. The summed E-state index contributed by atoms with van der Waals surface area (Å²) in [6.45, 7) is -1.35. The molecule has 1 saturated carbocycles. The van der Waals surface area contributed by atoms with E-state index in [1.807, 2.05) is 0 Å². The zero-order valence-corrected chi connectivity index (χ0v) is 12.6. The number of amides is 1. The van der Waals surface area contributed by atoms with Crippen LogP contribution in [0.2, 0.25) is 5.28 Å². The third kappa shape index (κ3) is 2.29. The van der Waals surface area contributed by atoms with E-state index >= 15 is 0 Å². The normalized spacial score (nSPS) is 20.7. The van der Waals surface area contributed by atoms with Gasteiger partial charge in [-0.3, -0.25) is 9.69 Å². The Hall–Kier alpha value is -1.57. The predicted octanol–water partition coefficient (Wildman–Crippen LogP) is 2.79. The van der Waals surface area contributed by atoms with Crippen molar-refractivity contribution in [2.24, 2.45) is 0 Å². The Morgan fingerprint density at radius 3 is 2.59 bits per heavy atom. The molecule has 0 aromatic carbocycles. The van der Waals surface area contributed by atoms with E-state index in [0.29, 0.717) is 12.8 Å². The summed E-state index contributed by atoms with van der Waals surface area (Å²) >= 11 is 5.78. The molecule has 22 heavy (non-hydrogen) atoms. The van der Waals surface area contributed by atoms with E-state index in [9.17, 15) is 18.0 Å². The van der Waals surface area contributed by atoms with Gasteiger partial charge in [0.1, 0.15) is 17.8 Å². The fourth-order valence-corrected chi connectivity index (χ4v) is 3.46. The third-order valence-electron chi connectivity index (χ3n) is 4.38. The fourth-order valence-electron chi connectivity index (χ4n) is 3.34. The Morgan fingerprint density at radius 1 is 1.36 bits per heavy atom. The molecule has 1 spiro atoms. The Labute approximate surface area is 130 Å². The molecule has 1 aliphatic heterocycles. The highest BCUT2D eigenvalue weighted by atomic mass is 35.5. The first kappa shape index (κ1) is 15.3. The molecule has 9 heteroatoms. The van der Waals surface area contributed by atoms with Gasteiger partial charge in [0.05, 0.1) is 6.20 Å². The van der Waals surface area contributed by atoms with Gasteiger partial charge in [-0.05, 0) is 24.4 Å². The van der Waals surface area contributed by atoms with E-state index in [4.69, 9.17) is 11.6 Å². The third-order valence-corrected chi connectivity index (χ3v) is 4.56. The summed E-state index contributed by atoms with van der Waals surface area (Å²) in [7, 11) is 1.68. The number of halogens is 4. The Bertz CT molecular complexity index is 616. The Balaban J connectivity index is 2.13. The van der Waals surface area contributed by atoms with Crippen molar-refractivity contribution in [2.75, 3.05) is 23.4 Å². The van der Waals surface area contributed by atoms with Crippen molar-refractivity contribution >= 4 is 29.0 Å². The van der Waals surface area contributed by atoms with Gasteiger partial charge < -0.3 is 4.90 Å². The summed E-state index contributed by atoms with van der Waals surface area (Å²) < 4.78 is 38.7. The summed E-state index contributed by atoms with van der Waals surface area (Å²) in [6.07, 6.45) is -0.710. The summed E-state index contributed by atoms with van der Waals surface area (Å²) in [5.41, 5.74) is -0.914. The number of nitrogens with zero attached hydrogens (tertiary/aromatic N) is 4. The molecule has 2 aliphatic rings. The molecule has 0 atom stereocenters. The Morgan fingerprint density at radius 2 is 2.00 bits per heavy atom. The summed E-state index contributed by atoms with van der Waals surface area (Å²) in [6, 6.07) is 0. The number of aromatic nitrogens is 2. The smallest absolute Gasteiger partial charge is 0.343 e. The molecule has 1 amide bonds. The Kier molecular flexibility index (Phi) is 3.47. The lowest BCUT2D eigenvalue weighted by molar-refractivity contribution is -0.136. The molecule has 1 aromatic rings. The van der Waals surface area contributed by atoms with Crippen LogP contribution in [0.25, 0.3) is 0 Å². The molecule has 2 heterocycles. The van der Waals surface area contributed by atoms with E-state index < -0.39 is 24.2 Å². The van der Waals surface area contributed by atoms with Crippen LogP contribution in [0.4, 0.5) is 24.7 Å². The quantitative estimate of drug-likeness (QED) is 0.741. The topological polar surface area (TPSA) is 49.3 Å². The van der Waals surface area contributed by atoms with Crippen LogP contribution in [-0.4, -0.2) is 41.2 Å². The van der Waals surface area contributed by atoms with Crippen LogP contribution in [0.15, 0.2) is 6.20 Å². The summed E-state index contributed by atoms with van der Waals surface area (Å²) in [4.78, 5) is 23.0. The van der Waals surface area contributed by atoms with Crippen LogP contribution in [0, 0.1) is 0 Å². The van der Waals surface area contributed by atoms with E-state index in [1.54, 1.807) is 11.9 Å². The number of likely N-dealkylation sites (N-methyl/N-ethyl adjacent to an activating group) is 1. The number of carbonyl (C=O) groups excluding carboxylic acids is 1. The van der Waals surface area contributed by atoms with E-state index in [1.165, 1.54) is 6.20 Å². The molecule has 0 bridgehead atoms. The number of fused-ring (bicyclic) bond motifs is 1. The first-order chi connectivity index (χ1) is 10.2. The first-order valence-corrected chi connectivity index (χ1v) is 7.27. The highest BCUT2D eigenvalue weighted by Crippen LogP contribution is 2.46. The van der Waals surface area contributed by atoms with Crippen LogP contribution < -0.4 is 9.80 Å². The number of carbonyl (C=O) groups is 1. The molecule has 1 aromatic heterocycles. The number of hydrogen-bond acceptors (Lipinski definition) is 4. The molecular formula is C13H14ClF3N4O. The average molecular weight is 335 g/mol. The van der Waals surface area contributed by atoms with Crippen molar-refractivity contribution in [1.29, 1.82) is 0 Å². The molecule has 1 aliphatic carbocycles. The lowest BCUT2D eigenvalue weighted by atomic mass is 9.90. The van der Waals surface area contributed by atoms with Crippen LogP contribution >= 0.6 is 11.6 Å². The van der Waals surface area contributed by atoms with Gasteiger partial charge in [-0.1, -0.05) is 12.8 Å². The summed E-state index contributed by atoms with van der Waals surface area (Å²) in [5, 5.41) is -0.0555. The van der Waals surface area contributed by atoms with Gasteiger partial charge in [-0.25, -0.2) is 4.98 Å². The lowest BCUT2D eigenvalue weighted by Crippen LogP contribution is -2.62. The van der Waals surface area contributed by atoms with Crippen LogP contribution in [-0.2, 0) is 4.79 Å². The second-order valence-corrected chi connectivity index (χ2v) is 5.99. The largest absolute Gasteiger partial charge is 0.406 e. The van der Waals surface area contributed by atoms with E-state index in [0.717, 1.165) is 17.7 Å². The number of hydrogen-bond donors (Lipinski definition) is 0. The number of alkyl halides is 3. The molecule has 0 unspecified atom stereocenters. The minimum atomic E-state index is -4.50. The first-order valence-electron chi connectivity index (χ1n) is 6.90. The van der Waals surface area contributed by atoms with Gasteiger partial charge in [0.25, 0.3) is 5.91 Å². The van der Waals surface area contributed by atoms with Crippen LogP contribution in [0.5, 0.6) is 0 Å². The van der Waals surface area contributed by atoms with E-state index in [2.05, 4.69) is 9.97 Å². The van der Waals surface area contributed by atoms with E-state index in [-0.39, 0.29) is 16.8 Å². The maximum Gasteiger partial charge on any atom is 0.406 e. The number of rotatable bonds is 1. The molecule has 120 valence electrons. The summed E-state index contributed by atoms with van der Waals surface area (Å²) in [5.74, 6) is -0.269. The van der Waals surface area contributed by atoms with Crippen molar-refractivity contribution in [2.45, 2.75) is 37.4 Å². The fraction of sp³-hybridized carbons (Fsp3) is 0.615. The maximum atomic E-state index is 12.9. The molecule has 5 nitrogen and oxygen atoms in total. The van der Waals surface area contributed by atoms with Crippen LogP contribution in [0.1, 0.15) is 25.7 Å². The van der Waals surface area contributed by atoms with Gasteiger partial charge in [0.15, 0.2) is 5.82 Å². The molecule has 0 N–H and O–H groups in total. The minimum Gasteiger partial charge on any atom is -0.343 e. The predicted molar refractivity (Wildman–Crippen MR) is 75.1 cm³/mol. The SMILES string of the molecule is CN1c2nc(Cl)ncc2N(CC(F)(F)F)C(=O)C12CCCC2.